The molecule has 0 fully saturated rings. The van der Waals surface area contributed by atoms with Crippen LogP contribution in [-0.4, -0.2) is 35.3 Å². The van der Waals surface area contributed by atoms with Crippen molar-refractivity contribution in [3.63, 3.8) is 0 Å². The number of H-pyrrole nitrogens is 1. The first kappa shape index (κ1) is 15.4. The van der Waals surface area contributed by atoms with Crippen molar-refractivity contribution in [2.75, 3.05) is 13.2 Å². The van der Waals surface area contributed by atoms with E-state index in [1.165, 1.54) is 16.5 Å². The molecule has 1 unspecified atom stereocenters. The molecule has 114 valence electrons. The number of fused-ring (bicyclic) bond motifs is 1. The Labute approximate surface area is 124 Å². The molecule has 0 aliphatic heterocycles. The lowest BCUT2D eigenvalue weighted by molar-refractivity contribution is 0.214. The Bertz CT molecular complexity index is 603. The summed E-state index contributed by atoms with van der Waals surface area (Å²) >= 11 is 0. The number of nitrogens with one attached hydrogen (secondary N) is 3. The Hall–Kier alpha value is -2.01. The lowest BCUT2D eigenvalue weighted by atomic mass is 10.1. The van der Waals surface area contributed by atoms with E-state index in [-0.39, 0.29) is 18.7 Å². The number of aliphatic hydroxyl groups excluding tert-OH is 1. The monoisotopic (exact) mass is 289 g/mol. The van der Waals surface area contributed by atoms with Gasteiger partial charge in [0.2, 0.25) is 0 Å². The summed E-state index contributed by atoms with van der Waals surface area (Å²) in [5.74, 6) is 0. The predicted molar refractivity (Wildman–Crippen MR) is 84.4 cm³/mol. The Kier molecular flexibility index (Phi) is 5.22. The average molecular weight is 289 g/mol. The van der Waals surface area contributed by atoms with E-state index in [1.807, 2.05) is 19.2 Å². The Morgan fingerprint density at radius 1 is 1.43 bits per heavy atom. The molecule has 2 amide bonds. The lowest BCUT2D eigenvalue weighted by Gasteiger charge is -2.14. The van der Waals surface area contributed by atoms with E-state index in [0.29, 0.717) is 13.0 Å². The van der Waals surface area contributed by atoms with E-state index in [9.17, 15) is 4.79 Å². The minimum Gasteiger partial charge on any atom is -0.394 e. The van der Waals surface area contributed by atoms with Gasteiger partial charge in [-0.1, -0.05) is 19.1 Å². The quantitative estimate of drug-likeness (QED) is 0.657. The number of aromatic amines is 1. The number of benzene rings is 1. The van der Waals surface area contributed by atoms with Crippen LogP contribution in [0.1, 0.15) is 24.5 Å². The molecule has 1 aromatic carbocycles. The van der Waals surface area contributed by atoms with E-state index < -0.39 is 0 Å². The van der Waals surface area contributed by atoms with Crippen molar-refractivity contribution in [3.05, 3.63) is 35.5 Å². The first-order chi connectivity index (χ1) is 10.2. The van der Waals surface area contributed by atoms with Gasteiger partial charge in [-0.05, 0) is 37.0 Å². The van der Waals surface area contributed by atoms with Crippen molar-refractivity contribution in [3.8, 4) is 0 Å². The van der Waals surface area contributed by atoms with Gasteiger partial charge >= 0.3 is 6.03 Å². The topological polar surface area (TPSA) is 77.2 Å². The highest BCUT2D eigenvalue weighted by Crippen LogP contribution is 2.22. The maximum Gasteiger partial charge on any atom is 0.315 e. The molecule has 0 bridgehead atoms. The minimum atomic E-state index is -0.229. The van der Waals surface area contributed by atoms with E-state index in [0.717, 1.165) is 11.9 Å². The summed E-state index contributed by atoms with van der Waals surface area (Å²) in [5.41, 5.74) is 3.57. The van der Waals surface area contributed by atoms with Gasteiger partial charge in [0.15, 0.2) is 0 Å². The number of amides is 2. The van der Waals surface area contributed by atoms with Crippen molar-refractivity contribution < 1.29 is 9.90 Å². The highest BCUT2D eigenvalue weighted by Gasteiger charge is 2.09. The standard InChI is InChI=1S/C16H23N3O2/c1-3-13(10-20)19-16(21)17-8-7-12-9-18-14-6-4-5-11(2)15(12)14/h4-6,9,13,18,20H,3,7-8,10H2,1-2H3,(H2,17,19,21). The first-order valence-electron chi connectivity index (χ1n) is 7.36. The summed E-state index contributed by atoms with van der Waals surface area (Å²) in [5, 5.41) is 15.9. The molecule has 1 heterocycles. The fraction of sp³-hybridized carbons (Fsp3) is 0.438. The van der Waals surface area contributed by atoms with Crippen molar-refractivity contribution in [2.24, 2.45) is 0 Å². The van der Waals surface area contributed by atoms with Crippen LogP contribution in [0.5, 0.6) is 0 Å². The summed E-state index contributed by atoms with van der Waals surface area (Å²) in [4.78, 5) is 14.9. The van der Waals surface area contributed by atoms with Crippen molar-refractivity contribution in [2.45, 2.75) is 32.7 Å². The molecule has 21 heavy (non-hydrogen) atoms. The van der Waals surface area contributed by atoms with Crippen LogP contribution in [0, 0.1) is 6.92 Å². The smallest absolute Gasteiger partial charge is 0.315 e. The molecule has 0 aliphatic carbocycles. The van der Waals surface area contributed by atoms with Crippen molar-refractivity contribution >= 4 is 16.9 Å². The largest absolute Gasteiger partial charge is 0.394 e. The van der Waals surface area contributed by atoms with Crippen LogP contribution in [0.15, 0.2) is 24.4 Å². The van der Waals surface area contributed by atoms with Gasteiger partial charge in [-0.3, -0.25) is 0 Å². The number of carbonyl (C=O) groups is 1. The molecular weight excluding hydrogens is 266 g/mol. The van der Waals surface area contributed by atoms with Crippen LogP contribution in [0.2, 0.25) is 0 Å². The maximum absolute atomic E-state index is 11.7. The molecule has 0 aliphatic rings. The fourth-order valence-corrected chi connectivity index (χ4v) is 2.47. The molecule has 1 aromatic heterocycles. The molecule has 2 aromatic rings. The number of aryl methyl sites for hydroxylation is 1. The van der Waals surface area contributed by atoms with Crippen LogP contribution >= 0.6 is 0 Å². The first-order valence-corrected chi connectivity index (χ1v) is 7.36. The zero-order chi connectivity index (χ0) is 15.2. The number of aliphatic hydroxyl groups is 1. The normalized spacial score (nSPS) is 12.3. The van der Waals surface area contributed by atoms with Crippen LogP contribution in [0.4, 0.5) is 4.79 Å². The molecule has 0 radical (unpaired) electrons. The van der Waals surface area contributed by atoms with E-state index in [1.54, 1.807) is 0 Å². The molecular formula is C16H23N3O2. The molecule has 0 saturated heterocycles. The number of urea groups is 1. The highest BCUT2D eigenvalue weighted by atomic mass is 16.3. The Balaban J connectivity index is 1.89. The van der Waals surface area contributed by atoms with Gasteiger partial charge < -0.3 is 20.7 Å². The number of aromatic nitrogens is 1. The minimum absolute atomic E-state index is 0.0361. The molecule has 0 spiro atoms. The summed E-state index contributed by atoms with van der Waals surface area (Å²) in [7, 11) is 0. The third kappa shape index (κ3) is 3.76. The predicted octanol–water partition coefficient (Wildman–Crippen LogP) is 2.09. The summed E-state index contributed by atoms with van der Waals surface area (Å²) < 4.78 is 0. The number of hydrogen-bond acceptors (Lipinski definition) is 2. The fourth-order valence-electron chi connectivity index (χ4n) is 2.47. The third-order valence-electron chi connectivity index (χ3n) is 3.72. The Morgan fingerprint density at radius 3 is 2.95 bits per heavy atom. The van der Waals surface area contributed by atoms with Gasteiger partial charge in [0.1, 0.15) is 0 Å². The second-order valence-electron chi connectivity index (χ2n) is 5.25. The average Bonchev–Trinajstić information content (AvgIpc) is 2.89. The summed E-state index contributed by atoms with van der Waals surface area (Å²) in [6.45, 7) is 4.54. The zero-order valence-corrected chi connectivity index (χ0v) is 12.6. The zero-order valence-electron chi connectivity index (χ0n) is 12.6. The Morgan fingerprint density at radius 2 is 2.24 bits per heavy atom. The third-order valence-corrected chi connectivity index (χ3v) is 3.72. The second-order valence-corrected chi connectivity index (χ2v) is 5.25. The maximum atomic E-state index is 11.7. The van der Waals surface area contributed by atoms with E-state index in [4.69, 9.17) is 5.11 Å². The molecule has 5 nitrogen and oxygen atoms in total. The lowest BCUT2D eigenvalue weighted by Crippen LogP contribution is -2.44. The summed E-state index contributed by atoms with van der Waals surface area (Å²) in [6, 6.07) is 5.77. The number of carbonyl (C=O) groups excluding carboxylic acids is 1. The van der Waals surface area contributed by atoms with Gasteiger partial charge in [-0.25, -0.2) is 4.79 Å². The van der Waals surface area contributed by atoms with Crippen LogP contribution in [0.25, 0.3) is 10.9 Å². The molecule has 4 N–H and O–H groups in total. The van der Waals surface area contributed by atoms with Crippen molar-refractivity contribution in [1.82, 2.24) is 15.6 Å². The van der Waals surface area contributed by atoms with Gasteiger partial charge in [-0.2, -0.15) is 0 Å². The van der Waals surface area contributed by atoms with Crippen LogP contribution in [-0.2, 0) is 6.42 Å². The summed E-state index contributed by atoms with van der Waals surface area (Å²) in [6.07, 6.45) is 3.49. The second kappa shape index (κ2) is 7.13. The van der Waals surface area contributed by atoms with E-state index >= 15 is 0 Å². The van der Waals surface area contributed by atoms with Gasteiger partial charge in [0, 0.05) is 23.6 Å². The number of hydrogen-bond donors (Lipinski definition) is 4. The molecule has 1 atom stereocenters. The molecule has 0 saturated carbocycles. The van der Waals surface area contributed by atoms with Crippen molar-refractivity contribution in [1.29, 1.82) is 0 Å². The van der Waals surface area contributed by atoms with Gasteiger partial charge in [0.05, 0.1) is 12.6 Å². The van der Waals surface area contributed by atoms with Crippen LogP contribution in [0.3, 0.4) is 0 Å². The SMILES string of the molecule is CCC(CO)NC(=O)NCCc1c[nH]c2cccc(C)c12. The highest BCUT2D eigenvalue weighted by molar-refractivity contribution is 5.86. The van der Waals surface area contributed by atoms with Gasteiger partial charge in [0.25, 0.3) is 0 Å². The number of rotatable bonds is 6. The van der Waals surface area contributed by atoms with Crippen LogP contribution < -0.4 is 10.6 Å². The molecule has 5 heteroatoms. The van der Waals surface area contributed by atoms with Gasteiger partial charge in [-0.15, -0.1) is 0 Å². The molecule has 2 rings (SSSR count). The van der Waals surface area contributed by atoms with E-state index in [2.05, 4.69) is 34.7 Å².